The molecular weight excluding hydrogens is 367 g/mol. The van der Waals surface area contributed by atoms with Crippen LogP contribution in [0.3, 0.4) is 0 Å². The molecule has 0 aromatic heterocycles. The number of rotatable bonds is 5. The number of benzene rings is 2. The average Bonchev–Trinajstić information content (AvgIpc) is 3.11. The second-order valence-electron chi connectivity index (χ2n) is 8.27. The highest BCUT2D eigenvalue weighted by Gasteiger charge is 2.43. The van der Waals surface area contributed by atoms with E-state index < -0.39 is 6.09 Å². The molecule has 0 atom stereocenters. The second-order valence-corrected chi connectivity index (χ2v) is 8.27. The molecule has 0 unspecified atom stereocenters. The first-order chi connectivity index (χ1) is 14.1. The number of likely N-dealkylation sites (tertiary alicyclic amines) is 1. The molecule has 29 heavy (non-hydrogen) atoms. The van der Waals surface area contributed by atoms with Gasteiger partial charge in [-0.2, -0.15) is 0 Å². The van der Waals surface area contributed by atoms with Crippen LogP contribution in [0.1, 0.15) is 50.0 Å². The van der Waals surface area contributed by atoms with Crippen molar-refractivity contribution >= 4 is 11.8 Å². The Morgan fingerprint density at radius 2 is 1.90 bits per heavy atom. The summed E-state index contributed by atoms with van der Waals surface area (Å²) < 4.78 is 18.6. The second kappa shape index (κ2) is 8.95. The lowest BCUT2D eigenvalue weighted by Gasteiger charge is -2.44. The Morgan fingerprint density at radius 1 is 1.10 bits per heavy atom. The van der Waals surface area contributed by atoms with E-state index in [4.69, 9.17) is 4.74 Å². The first-order valence-electron chi connectivity index (χ1n) is 10.6. The van der Waals surface area contributed by atoms with Gasteiger partial charge in [-0.1, -0.05) is 36.4 Å². The molecule has 2 aliphatic rings. The SMILES string of the molecule is O=C(Nc1cccc(F)c1)OCCN1CCCC12CCC(c1ccccc1)CC2. The predicted molar refractivity (Wildman–Crippen MR) is 113 cm³/mol. The number of amides is 1. The van der Waals surface area contributed by atoms with Gasteiger partial charge in [0.2, 0.25) is 0 Å². The van der Waals surface area contributed by atoms with E-state index in [1.54, 1.807) is 12.1 Å². The lowest BCUT2D eigenvalue weighted by molar-refractivity contribution is 0.0629. The van der Waals surface area contributed by atoms with Crippen LogP contribution in [-0.2, 0) is 4.74 Å². The molecule has 4 nitrogen and oxygen atoms in total. The van der Waals surface area contributed by atoms with Crippen molar-refractivity contribution in [2.24, 2.45) is 0 Å². The Hall–Kier alpha value is -2.40. The normalized spacial score (nSPS) is 24.5. The van der Waals surface area contributed by atoms with Gasteiger partial charge in [-0.05, 0) is 74.8 Å². The van der Waals surface area contributed by atoms with Crippen molar-refractivity contribution in [2.75, 3.05) is 25.0 Å². The summed E-state index contributed by atoms with van der Waals surface area (Å²) in [6, 6.07) is 16.7. The number of anilines is 1. The van der Waals surface area contributed by atoms with Gasteiger partial charge in [0.15, 0.2) is 0 Å². The minimum Gasteiger partial charge on any atom is -0.448 e. The highest BCUT2D eigenvalue weighted by Crippen LogP contribution is 2.46. The number of carbonyl (C=O) groups excluding carboxylic acids is 1. The van der Waals surface area contributed by atoms with E-state index in [0.29, 0.717) is 18.2 Å². The number of hydrogen-bond donors (Lipinski definition) is 1. The van der Waals surface area contributed by atoms with Gasteiger partial charge in [-0.25, -0.2) is 9.18 Å². The van der Waals surface area contributed by atoms with Gasteiger partial charge in [0.05, 0.1) is 0 Å². The largest absolute Gasteiger partial charge is 0.448 e. The quantitative estimate of drug-likeness (QED) is 0.719. The molecular formula is C24H29FN2O2. The van der Waals surface area contributed by atoms with E-state index in [-0.39, 0.29) is 11.4 Å². The minimum atomic E-state index is -0.531. The number of nitrogens with zero attached hydrogens (tertiary/aromatic N) is 1. The number of nitrogens with one attached hydrogen (secondary N) is 1. The Balaban J connectivity index is 1.25. The number of hydrogen-bond acceptors (Lipinski definition) is 3. The monoisotopic (exact) mass is 396 g/mol. The molecule has 1 N–H and O–H groups in total. The maximum Gasteiger partial charge on any atom is 0.411 e. The third-order valence-electron chi connectivity index (χ3n) is 6.59. The summed E-state index contributed by atoms with van der Waals surface area (Å²) in [7, 11) is 0. The Morgan fingerprint density at radius 3 is 2.66 bits per heavy atom. The van der Waals surface area contributed by atoms with Crippen LogP contribution in [0.25, 0.3) is 0 Å². The molecule has 1 saturated carbocycles. The van der Waals surface area contributed by atoms with Crippen LogP contribution in [-0.4, -0.2) is 36.2 Å². The van der Waals surface area contributed by atoms with Gasteiger partial charge < -0.3 is 4.74 Å². The zero-order valence-corrected chi connectivity index (χ0v) is 16.8. The minimum absolute atomic E-state index is 0.272. The zero-order valence-electron chi connectivity index (χ0n) is 16.8. The van der Waals surface area contributed by atoms with E-state index in [1.807, 2.05) is 0 Å². The highest BCUT2D eigenvalue weighted by atomic mass is 19.1. The van der Waals surface area contributed by atoms with Crippen molar-refractivity contribution in [3.05, 3.63) is 66.0 Å². The van der Waals surface area contributed by atoms with Crippen LogP contribution in [0.2, 0.25) is 0 Å². The van der Waals surface area contributed by atoms with Gasteiger partial charge >= 0.3 is 6.09 Å². The van der Waals surface area contributed by atoms with E-state index in [1.165, 1.54) is 56.2 Å². The van der Waals surface area contributed by atoms with Crippen LogP contribution < -0.4 is 5.32 Å². The molecule has 4 rings (SSSR count). The average molecular weight is 397 g/mol. The van der Waals surface area contributed by atoms with Crippen LogP contribution in [0.4, 0.5) is 14.9 Å². The smallest absolute Gasteiger partial charge is 0.411 e. The van der Waals surface area contributed by atoms with E-state index in [9.17, 15) is 9.18 Å². The Bertz CT molecular complexity index is 819. The van der Waals surface area contributed by atoms with Crippen molar-refractivity contribution in [1.82, 2.24) is 4.90 Å². The fraction of sp³-hybridized carbons (Fsp3) is 0.458. The Kier molecular flexibility index (Phi) is 6.14. The first-order valence-corrected chi connectivity index (χ1v) is 10.6. The molecule has 5 heteroatoms. The third kappa shape index (κ3) is 4.78. The number of ether oxygens (including phenoxy) is 1. The molecule has 0 radical (unpaired) electrons. The maximum absolute atomic E-state index is 13.2. The van der Waals surface area contributed by atoms with E-state index in [0.717, 1.165) is 13.1 Å². The fourth-order valence-electron chi connectivity index (χ4n) is 5.09. The lowest BCUT2D eigenvalue weighted by Crippen LogP contribution is -2.47. The summed E-state index contributed by atoms with van der Waals surface area (Å²) in [4.78, 5) is 14.5. The van der Waals surface area contributed by atoms with Crippen molar-refractivity contribution < 1.29 is 13.9 Å². The summed E-state index contributed by atoms with van der Waals surface area (Å²) in [5.41, 5.74) is 2.14. The zero-order chi connectivity index (χ0) is 20.1. The number of halogens is 1. The van der Waals surface area contributed by atoms with Crippen LogP contribution in [0.15, 0.2) is 54.6 Å². The lowest BCUT2D eigenvalue weighted by atomic mass is 9.73. The van der Waals surface area contributed by atoms with Crippen LogP contribution >= 0.6 is 0 Å². The number of carbonyl (C=O) groups is 1. The molecule has 2 fully saturated rings. The predicted octanol–water partition coefficient (Wildman–Crippen LogP) is 5.57. The van der Waals surface area contributed by atoms with Gasteiger partial charge in [-0.15, -0.1) is 0 Å². The fourth-order valence-corrected chi connectivity index (χ4v) is 5.09. The molecule has 1 spiro atoms. The van der Waals surface area contributed by atoms with Crippen molar-refractivity contribution in [2.45, 2.75) is 50.0 Å². The summed E-state index contributed by atoms with van der Waals surface area (Å²) in [6.07, 6.45) is 6.79. The van der Waals surface area contributed by atoms with Crippen molar-refractivity contribution in [3.63, 3.8) is 0 Å². The van der Waals surface area contributed by atoms with E-state index in [2.05, 4.69) is 40.5 Å². The van der Waals surface area contributed by atoms with Crippen molar-refractivity contribution in [1.29, 1.82) is 0 Å². The molecule has 1 amide bonds. The van der Waals surface area contributed by atoms with Gasteiger partial charge in [0, 0.05) is 17.8 Å². The standard InChI is InChI=1S/C24H29FN2O2/c25-21-8-4-9-22(18-21)26-23(28)29-17-16-27-15-5-12-24(27)13-10-20(11-14-24)19-6-2-1-3-7-19/h1-4,6-9,18,20H,5,10-17H2,(H,26,28). The van der Waals surface area contributed by atoms with Gasteiger partial charge in [0.25, 0.3) is 0 Å². The van der Waals surface area contributed by atoms with Gasteiger partial charge in [-0.3, -0.25) is 10.2 Å². The first kappa shape index (κ1) is 19.9. The summed E-state index contributed by atoms with van der Waals surface area (Å²) in [6.45, 7) is 2.18. The molecule has 154 valence electrons. The molecule has 1 aliphatic carbocycles. The maximum atomic E-state index is 13.2. The van der Waals surface area contributed by atoms with Crippen LogP contribution in [0, 0.1) is 5.82 Å². The molecule has 1 heterocycles. The highest BCUT2D eigenvalue weighted by molar-refractivity contribution is 5.84. The third-order valence-corrected chi connectivity index (χ3v) is 6.59. The molecule has 0 bridgehead atoms. The molecule has 2 aromatic rings. The van der Waals surface area contributed by atoms with Gasteiger partial charge in [0.1, 0.15) is 12.4 Å². The summed E-state index contributed by atoms with van der Waals surface area (Å²) in [5, 5.41) is 2.58. The summed E-state index contributed by atoms with van der Waals surface area (Å²) in [5.74, 6) is 0.283. The molecule has 2 aromatic carbocycles. The summed E-state index contributed by atoms with van der Waals surface area (Å²) >= 11 is 0. The molecule has 1 aliphatic heterocycles. The van der Waals surface area contributed by atoms with E-state index >= 15 is 0 Å². The van der Waals surface area contributed by atoms with Crippen LogP contribution in [0.5, 0.6) is 0 Å². The topological polar surface area (TPSA) is 41.6 Å². The Labute approximate surface area is 172 Å². The van der Waals surface area contributed by atoms with Crippen molar-refractivity contribution in [3.8, 4) is 0 Å². The molecule has 1 saturated heterocycles.